The summed E-state index contributed by atoms with van der Waals surface area (Å²) in [5.74, 6) is -0.157. The Bertz CT molecular complexity index is 453. The van der Waals surface area contributed by atoms with Gasteiger partial charge in [-0.3, -0.25) is 4.79 Å². The van der Waals surface area contributed by atoms with Crippen LogP contribution in [0.2, 0.25) is 10.0 Å². The van der Waals surface area contributed by atoms with E-state index in [2.05, 4.69) is 0 Å². The van der Waals surface area contributed by atoms with Crippen LogP contribution < -0.4 is 0 Å². The highest BCUT2D eigenvalue weighted by Crippen LogP contribution is 2.34. The highest BCUT2D eigenvalue weighted by atomic mass is 35.5. The maximum Gasteiger partial charge on any atom is 0.185 e. The summed E-state index contributed by atoms with van der Waals surface area (Å²) in [4.78, 5) is 10.8. The molecule has 0 amide bonds. The molecule has 0 aromatic heterocycles. The molecule has 0 saturated heterocycles. The van der Waals surface area contributed by atoms with E-state index in [0.717, 1.165) is 11.8 Å². The van der Waals surface area contributed by atoms with Crippen molar-refractivity contribution in [3.8, 4) is 5.75 Å². The van der Waals surface area contributed by atoms with Gasteiger partial charge in [-0.2, -0.15) is 0 Å². The summed E-state index contributed by atoms with van der Waals surface area (Å²) in [6, 6.07) is 2.47. The van der Waals surface area contributed by atoms with E-state index in [1.54, 1.807) is 0 Å². The van der Waals surface area contributed by atoms with Crippen molar-refractivity contribution in [2.45, 2.75) is 19.1 Å². The van der Waals surface area contributed by atoms with Gasteiger partial charge in [0.25, 0.3) is 0 Å². The molecular weight excluding hydrogens is 299 g/mol. The van der Waals surface area contributed by atoms with E-state index in [4.69, 9.17) is 23.2 Å². The molecule has 1 aromatic rings. The molecule has 0 radical (unpaired) electrons. The predicted octanol–water partition coefficient (Wildman–Crippen LogP) is 2.37. The van der Waals surface area contributed by atoms with E-state index in [-0.39, 0.29) is 32.2 Å². The van der Waals surface area contributed by atoms with Gasteiger partial charge in [0.05, 0.1) is 16.1 Å². The molecular formula is C11H12Cl2O4S. The van der Waals surface area contributed by atoms with Gasteiger partial charge in [-0.25, -0.2) is 0 Å². The van der Waals surface area contributed by atoms with Crippen LogP contribution in [0, 0.1) is 0 Å². The van der Waals surface area contributed by atoms with E-state index < -0.39 is 12.2 Å². The van der Waals surface area contributed by atoms with Crippen LogP contribution in [0.4, 0.5) is 0 Å². The molecule has 3 N–H and O–H groups in total. The highest BCUT2D eigenvalue weighted by molar-refractivity contribution is 8.13. The third-order valence-corrected chi connectivity index (χ3v) is 3.75. The van der Waals surface area contributed by atoms with Crippen LogP contribution in [0.5, 0.6) is 5.75 Å². The number of aliphatic hydroxyl groups excluding tert-OH is 2. The maximum atomic E-state index is 10.8. The van der Waals surface area contributed by atoms with Crippen LogP contribution in [0.3, 0.4) is 0 Å². The number of thioether (sulfide) groups is 1. The van der Waals surface area contributed by atoms with Crippen molar-refractivity contribution in [3.05, 3.63) is 27.7 Å². The van der Waals surface area contributed by atoms with Crippen molar-refractivity contribution in [1.82, 2.24) is 0 Å². The van der Waals surface area contributed by atoms with Crippen molar-refractivity contribution in [2.75, 3.05) is 5.75 Å². The molecule has 2 atom stereocenters. The number of benzene rings is 1. The van der Waals surface area contributed by atoms with Crippen molar-refractivity contribution in [3.63, 3.8) is 0 Å². The summed E-state index contributed by atoms with van der Waals surface area (Å²) in [6.45, 7) is 1.37. The Kier molecular flexibility index (Phi) is 5.75. The Labute approximate surface area is 119 Å². The van der Waals surface area contributed by atoms with Crippen LogP contribution in [-0.4, -0.2) is 32.3 Å². The lowest BCUT2D eigenvalue weighted by Gasteiger charge is -2.19. The van der Waals surface area contributed by atoms with Crippen LogP contribution in [0.15, 0.2) is 12.1 Å². The minimum atomic E-state index is -1.28. The second kappa shape index (κ2) is 6.63. The first-order chi connectivity index (χ1) is 8.32. The van der Waals surface area contributed by atoms with E-state index in [1.165, 1.54) is 19.1 Å². The molecule has 0 spiro atoms. The van der Waals surface area contributed by atoms with Crippen LogP contribution in [0.25, 0.3) is 0 Å². The molecule has 0 aliphatic heterocycles. The largest absolute Gasteiger partial charge is 0.506 e. The minimum absolute atomic E-state index is 0.0277. The summed E-state index contributed by atoms with van der Waals surface area (Å²) in [6.07, 6.45) is -2.43. The molecule has 7 heteroatoms. The number of phenolic OH excluding ortho intramolecular Hbond substituents is 1. The molecule has 100 valence electrons. The maximum absolute atomic E-state index is 10.8. The number of hydrogen-bond donors (Lipinski definition) is 3. The molecule has 18 heavy (non-hydrogen) atoms. The molecule has 4 nitrogen and oxygen atoms in total. The first kappa shape index (κ1) is 15.6. The van der Waals surface area contributed by atoms with Crippen LogP contribution in [0.1, 0.15) is 18.6 Å². The third kappa shape index (κ3) is 4.03. The first-order valence-electron chi connectivity index (χ1n) is 5.00. The lowest BCUT2D eigenvalue weighted by Crippen LogP contribution is -2.21. The normalized spacial score (nSPS) is 14.3. The predicted molar refractivity (Wildman–Crippen MR) is 72.2 cm³/mol. The second-order valence-electron chi connectivity index (χ2n) is 3.64. The quantitative estimate of drug-likeness (QED) is 0.796. The molecule has 0 fully saturated rings. The average molecular weight is 311 g/mol. The average Bonchev–Trinajstić information content (AvgIpc) is 2.29. The Hall–Kier alpha value is -0.460. The van der Waals surface area contributed by atoms with E-state index >= 15 is 0 Å². The SMILES string of the molecule is CC(=O)SCC(O)C(O)c1cc(Cl)c(O)cc1Cl. The summed E-state index contributed by atoms with van der Waals surface area (Å²) in [7, 11) is 0. The molecule has 1 rings (SSSR count). The number of carbonyl (C=O) groups is 1. The third-order valence-electron chi connectivity index (χ3n) is 2.21. The van der Waals surface area contributed by atoms with Gasteiger partial charge in [0.2, 0.25) is 0 Å². The number of aliphatic hydroxyl groups is 2. The fraction of sp³-hybridized carbons (Fsp3) is 0.364. The first-order valence-corrected chi connectivity index (χ1v) is 6.74. The van der Waals surface area contributed by atoms with Gasteiger partial charge in [-0.15, -0.1) is 0 Å². The fourth-order valence-electron chi connectivity index (χ4n) is 1.28. The van der Waals surface area contributed by atoms with Crippen molar-refractivity contribution < 1.29 is 20.1 Å². The summed E-state index contributed by atoms with van der Waals surface area (Å²) >= 11 is 12.4. The number of rotatable bonds is 4. The Balaban J connectivity index is 2.86. The Morgan fingerprint density at radius 1 is 1.33 bits per heavy atom. The van der Waals surface area contributed by atoms with Crippen LogP contribution >= 0.6 is 35.0 Å². The van der Waals surface area contributed by atoms with Gasteiger partial charge in [-0.1, -0.05) is 35.0 Å². The summed E-state index contributed by atoms with van der Waals surface area (Å²) in [5, 5.41) is 28.9. The lowest BCUT2D eigenvalue weighted by atomic mass is 10.1. The zero-order chi connectivity index (χ0) is 13.9. The monoisotopic (exact) mass is 310 g/mol. The van der Waals surface area contributed by atoms with Gasteiger partial charge in [0.1, 0.15) is 11.9 Å². The van der Waals surface area contributed by atoms with Gasteiger partial charge in [-0.05, 0) is 6.07 Å². The smallest absolute Gasteiger partial charge is 0.185 e. The zero-order valence-electron chi connectivity index (χ0n) is 9.43. The van der Waals surface area contributed by atoms with Crippen molar-refractivity contribution in [2.24, 2.45) is 0 Å². The van der Waals surface area contributed by atoms with E-state index in [0.29, 0.717) is 0 Å². The van der Waals surface area contributed by atoms with Gasteiger partial charge < -0.3 is 15.3 Å². The van der Waals surface area contributed by atoms with E-state index in [9.17, 15) is 20.1 Å². The Morgan fingerprint density at radius 2 is 1.94 bits per heavy atom. The molecule has 0 heterocycles. The van der Waals surface area contributed by atoms with E-state index in [1.807, 2.05) is 0 Å². The number of hydrogen-bond acceptors (Lipinski definition) is 5. The Morgan fingerprint density at radius 3 is 2.50 bits per heavy atom. The topological polar surface area (TPSA) is 77.8 Å². The molecule has 0 aliphatic carbocycles. The molecule has 0 bridgehead atoms. The number of aromatic hydroxyl groups is 1. The summed E-state index contributed by atoms with van der Waals surface area (Å²) in [5.41, 5.74) is 0.205. The molecule has 0 aliphatic rings. The highest BCUT2D eigenvalue weighted by Gasteiger charge is 2.22. The molecule has 2 unspecified atom stereocenters. The standard InChI is InChI=1S/C11H12Cl2O4S/c1-5(14)18-4-10(16)11(17)6-2-8(13)9(15)3-7(6)12/h2-3,10-11,15-17H,4H2,1H3. The number of halogens is 2. The minimum Gasteiger partial charge on any atom is -0.506 e. The molecule has 0 saturated carbocycles. The van der Waals surface area contributed by atoms with Gasteiger partial charge >= 0.3 is 0 Å². The summed E-state index contributed by atoms with van der Waals surface area (Å²) < 4.78 is 0. The molecule has 1 aromatic carbocycles. The van der Waals surface area contributed by atoms with Crippen LogP contribution in [-0.2, 0) is 4.79 Å². The fourth-order valence-corrected chi connectivity index (χ4v) is 2.31. The number of phenols is 1. The van der Waals surface area contributed by atoms with Gasteiger partial charge in [0, 0.05) is 24.3 Å². The van der Waals surface area contributed by atoms with Crippen molar-refractivity contribution in [1.29, 1.82) is 0 Å². The zero-order valence-corrected chi connectivity index (χ0v) is 11.8. The lowest BCUT2D eigenvalue weighted by molar-refractivity contribution is -0.109. The van der Waals surface area contributed by atoms with Gasteiger partial charge in [0.15, 0.2) is 5.12 Å². The number of carbonyl (C=O) groups excluding carboxylic acids is 1. The second-order valence-corrected chi connectivity index (χ2v) is 5.65. The van der Waals surface area contributed by atoms with Crippen molar-refractivity contribution >= 4 is 40.1 Å².